The average molecular weight is 422 g/mol. The quantitative estimate of drug-likeness (QED) is 0.625. The van der Waals surface area contributed by atoms with Gasteiger partial charge in [-0.15, -0.1) is 0 Å². The van der Waals surface area contributed by atoms with E-state index in [-0.39, 0.29) is 34.9 Å². The fraction of sp³-hybridized carbons (Fsp3) is 0.167. The summed E-state index contributed by atoms with van der Waals surface area (Å²) in [7, 11) is -3.83. The predicted molar refractivity (Wildman–Crippen MR) is 96.3 cm³/mol. The maximum atomic E-state index is 12.9. The lowest BCUT2D eigenvalue weighted by atomic mass is 10.1. The van der Waals surface area contributed by atoms with Crippen LogP contribution >= 0.6 is 0 Å². The number of benzene rings is 1. The molecule has 150 valence electrons. The molecular formula is C18H13F3N4O3S. The molecule has 0 aliphatic heterocycles. The smallest absolute Gasteiger partial charge is 0.416 e. The summed E-state index contributed by atoms with van der Waals surface area (Å²) >= 11 is 0. The molecule has 0 aliphatic rings. The monoisotopic (exact) mass is 422 g/mol. The maximum absolute atomic E-state index is 12.9. The number of nitrogens with one attached hydrogen (secondary N) is 1. The molecule has 0 unspecified atom stereocenters. The van der Waals surface area contributed by atoms with Crippen LogP contribution in [0.25, 0.3) is 11.5 Å². The highest BCUT2D eigenvalue weighted by Gasteiger charge is 2.30. The van der Waals surface area contributed by atoms with E-state index in [2.05, 4.69) is 15.3 Å². The van der Waals surface area contributed by atoms with Gasteiger partial charge in [-0.1, -0.05) is 12.1 Å². The number of hydrogen-bond acceptors (Lipinski definition) is 7. The van der Waals surface area contributed by atoms with Gasteiger partial charge in [0.1, 0.15) is 23.1 Å². The first-order valence-corrected chi connectivity index (χ1v) is 9.95. The molecule has 7 nitrogen and oxygen atoms in total. The summed E-state index contributed by atoms with van der Waals surface area (Å²) in [4.78, 5) is 7.79. The van der Waals surface area contributed by atoms with Crippen molar-refractivity contribution < 1.29 is 26.0 Å². The fourth-order valence-corrected chi connectivity index (χ4v) is 2.99. The first-order chi connectivity index (χ1) is 13.6. The zero-order valence-corrected chi connectivity index (χ0v) is 15.7. The normalized spacial score (nSPS) is 11.8. The molecule has 0 aliphatic carbocycles. The van der Waals surface area contributed by atoms with Crippen LogP contribution in [0.1, 0.15) is 16.7 Å². The minimum atomic E-state index is -4.50. The molecule has 0 fully saturated rings. The third-order valence-corrected chi connectivity index (χ3v) is 4.65. The van der Waals surface area contributed by atoms with E-state index >= 15 is 0 Å². The summed E-state index contributed by atoms with van der Waals surface area (Å²) in [6.45, 7) is -0.129. The highest BCUT2D eigenvalue weighted by atomic mass is 32.2. The van der Waals surface area contributed by atoms with Crippen molar-refractivity contribution in [2.24, 2.45) is 0 Å². The predicted octanol–water partition coefficient (Wildman–Crippen LogP) is 3.64. The Bertz CT molecular complexity index is 1180. The second-order valence-corrected chi connectivity index (χ2v) is 7.90. The van der Waals surface area contributed by atoms with E-state index in [1.165, 1.54) is 30.5 Å². The Morgan fingerprint density at radius 3 is 2.55 bits per heavy atom. The van der Waals surface area contributed by atoms with Crippen molar-refractivity contribution in [3.8, 4) is 17.5 Å². The zero-order valence-electron chi connectivity index (χ0n) is 14.9. The number of sulfone groups is 1. The third-order valence-electron chi connectivity index (χ3n) is 3.80. The number of halogens is 3. The highest BCUT2D eigenvalue weighted by molar-refractivity contribution is 7.90. The number of anilines is 1. The lowest BCUT2D eigenvalue weighted by Crippen LogP contribution is -2.12. The molecule has 3 aromatic rings. The lowest BCUT2D eigenvalue weighted by Gasteiger charge is -2.12. The van der Waals surface area contributed by atoms with Crippen molar-refractivity contribution in [1.29, 1.82) is 5.26 Å². The van der Waals surface area contributed by atoms with Crippen molar-refractivity contribution in [2.75, 3.05) is 11.6 Å². The van der Waals surface area contributed by atoms with E-state index in [4.69, 9.17) is 4.42 Å². The molecular weight excluding hydrogens is 409 g/mol. The standard InChI is InChI=1S/C18H13F3N4O3S/c1-29(26,27)17-24-15(14-6-3-7-28-14)13(9-22)16(25-17)23-10-11-4-2-5-12(8-11)18(19,20)21/h2-8H,10H2,1H3,(H,23,24,25). The van der Waals surface area contributed by atoms with E-state index in [1.807, 2.05) is 6.07 Å². The molecule has 3 rings (SSSR count). The number of alkyl halides is 3. The molecule has 0 amide bonds. The Morgan fingerprint density at radius 1 is 1.21 bits per heavy atom. The third kappa shape index (κ3) is 4.55. The molecule has 29 heavy (non-hydrogen) atoms. The lowest BCUT2D eigenvalue weighted by molar-refractivity contribution is -0.137. The van der Waals surface area contributed by atoms with Crippen LogP contribution in [0.2, 0.25) is 0 Å². The van der Waals surface area contributed by atoms with E-state index < -0.39 is 26.7 Å². The SMILES string of the molecule is CS(=O)(=O)c1nc(NCc2cccc(C(F)(F)F)c2)c(C#N)c(-c2ccco2)n1. The molecule has 2 aromatic heterocycles. The van der Waals surface area contributed by atoms with Gasteiger partial charge in [0, 0.05) is 12.8 Å². The van der Waals surface area contributed by atoms with Gasteiger partial charge in [-0.05, 0) is 29.8 Å². The summed E-state index contributed by atoms with van der Waals surface area (Å²) in [5.41, 5.74) is -0.699. The van der Waals surface area contributed by atoms with Crippen LogP contribution in [0.3, 0.4) is 0 Å². The zero-order chi connectivity index (χ0) is 21.2. The molecule has 0 bridgehead atoms. The van der Waals surface area contributed by atoms with Crippen LogP contribution in [-0.4, -0.2) is 24.6 Å². The van der Waals surface area contributed by atoms with Crippen molar-refractivity contribution >= 4 is 15.7 Å². The van der Waals surface area contributed by atoms with Crippen LogP contribution < -0.4 is 5.32 Å². The van der Waals surface area contributed by atoms with E-state index in [1.54, 1.807) is 0 Å². The number of nitrogens with zero attached hydrogens (tertiary/aromatic N) is 3. The first-order valence-electron chi connectivity index (χ1n) is 8.05. The Labute approximate surface area is 163 Å². The van der Waals surface area contributed by atoms with E-state index in [0.717, 1.165) is 18.4 Å². The molecule has 0 atom stereocenters. The first kappa shape index (κ1) is 20.3. The molecule has 1 aromatic carbocycles. The summed E-state index contributed by atoms with van der Waals surface area (Å²) in [5.74, 6) is 0.0164. The van der Waals surface area contributed by atoms with Crippen LogP contribution in [0.5, 0.6) is 0 Å². The van der Waals surface area contributed by atoms with E-state index in [9.17, 15) is 26.9 Å². The van der Waals surface area contributed by atoms with Crippen molar-refractivity contribution in [2.45, 2.75) is 17.9 Å². The van der Waals surface area contributed by atoms with Gasteiger partial charge in [-0.25, -0.2) is 13.4 Å². The highest BCUT2D eigenvalue weighted by Crippen LogP contribution is 2.30. The summed E-state index contributed by atoms with van der Waals surface area (Å²) in [5, 5.41) is 11.7. The van der Waals surface area contributed by atoms with Crippen LogP contribution in [0.15, 0.2) is 52.2 Å². The number of furan rings is 1. The van der Waals surface area contributed by atoms with Gasteiger partial charge in [0.05, 0.1) is 11.8 Å². The summed E-state index contributed by atoms with van der Waals surface area (Å²) < 4.78 is 67.7. The minimum Gasteiger partial charge on any atom is -0.463 e. The Balaban J connectivity index is 2.03. The fourth-order valence-electron chi connectivity index (χ4n) is 2.47. The largest absolute Gasteiger partial charge is 0.463 e. The van der Waals surface area contributed by atoms with Gasteiger partial charge in [-0.2, -0.15) is 23.4 Å². The van der Waals surface area contributed by atoms with Gasteiger partial charge >= 0.3 is 6.18 Å². The van der Waals surface area contributed by atoms with Crippen molar-refractivity contribution in [3.63, 3.8) is 0 Å². The molecule has 11 heteroatoms. The second-order valence-electron chi connectivity index (χ2n) is 5.99. The number of nitriles is 1. The Kier molecular flexibility index (Phi) is 5.30. The molecule has 1 N–H and O–H groups in total. The molecule has 0 spiro atoms. The van der Waals surface area contributed by atoms with Crippen molar-refractivity contribution in [3.05, 3.63) is 59.4 Å². The van der Waals surface area contributed by atoms with Gasteiger partial charge in [-0.3, -0.25) is 0 Å². The topological polar surface area (TPSA) is 109 Å². The molecule has 0 saturated heterocycles. The van der Waals surface area contributed by atoms with Gasteiger partial charge < -0.3 is 9.73 Å². The summed E-state index contributed by atoms with van der Waals surface area (Å²) in [6, 6.07) is 9.50. The van der Waals surface area contributed by atoms with Crippen LogP contribution in [0, 0.1) is 11.3 Å². The number of aromatic nitrogens is 2. The van der Waals surface area contributed by atoms with Crippen molar-refractivity contribution in [1.82, 2.24) is 9.97 Å². The Hall–Kier alpha value is -3.39. The maximum Gasteiger partial charge on any atom is 0.416 e. The average Bonchev–Trinajstić information content (AvgIpc) is 3.19. The molecule has 0 saturated carbocycles. The van der Waals surface area contributed by atoms with E-state index in [0.29, 0.717) is 0 Å². The van der Waals surface area contributed by atoms with Gasteiger partial charge in [0.15, 0.2) is 5.76 Å². The van der Waals surface area contributed by atoms with Gasteiger partial charge in [0.25, 0.3) is 0 Å². The minimum absolute atomic E-state index is 0.0422. The van der Waals surface area contributed by atoms with Gasteiger partial charge in [0.2, 0.25) is 15.0 Å². The molecule has 0 radical (unpaired) electrons. The van der Waals surface area contributed by atoms with Crippen LogP contribution in [0.4, 0.5) is 19.0 Å². The Morgan fingerprint density at radius 2 is 1.97 bits per heavy atom. The summed E-state index contributed by atoms with van der Waals surface area (Å²) in [6.07, 6.45) is -2.27. The number of rotatable bonds is 5. The molecule has 2 heterocycles. The van der Waals surface area contributed by atoms with Crippen LogP contribution in [-0.2, 0) is 22.6 Å². The number of hydrogen-bond donors (Lipinski definition) is 1. The second kappa shape index (κ2) is 7.56.